The SMILES string of the molecule is COCc1ccc(CNC(=O)CCC(=O)c2ccc3c(c2)CCC3)cc1. The highest BCUT2D eigenvalue weighted by Gasteiger charge is 2.14. The van der Waals surface area contributed by atoms with Crippen LogP contribution in [-0.2, 0) is 35.5 Å². The minimum absolute atomic E-state index is 0.0405. The van der Waals surface area contributed by atoms with Crippen molar-refractivity contribution < 1.29 is 14.3 Å². The van der Waals surface area contributed by atoms with Gasteiger partial charge in [0.2, 0.25) is 5.91 Å². The molecule has 0 saturated carbocycles. The summed E-state index contributed by atoms with van der Waals surface area (Å²) in [4.78, 5) is 24.4. The van der Waals surface area contributed by atoms with Crippen molar-refractivity contribution in [1.82, 2.24) is 5.32 Å². The third-order valence-electron chi connectivity index (χ3n) is 4.82. The summed E-state index contributed by atoms with van der Waals surface area (Å²) in [5.41, 5.74) is 5.51. The van der Waals surface area contributed by atoms with Gasteiger partial charge in [-0.3, -0.25) is 9.59 Å². The van der Waals surface area contributed by atoms with Gasteiger partial charge in [0.05, 0.1) is 6.61 Å². The first kappa shape index (κ1) is 18.3. The number of ketones is 1. The maximum atomic E-state index is 12.3. The zero-order valence-electron chi connectivity index (χ0n) is 15.2. The first-order valence-corrected chi connectivity index (χ1v) is 9.14. The number of methoxy groups -OCH3 is 1. The zero-order chi connectivity index (χ0) is 18.4. The van der Waals surface area contributed by atoms with Gasteiger partial charge in [-0.2, -0.15) is 0 Å². The molecule has 3 rings (SSSR count). The van der Waals surface area contributed by atoms with Crippen LogP contribution >= 0.6 is 0 Å². The van der Waals surface area contributed by atoms with Gasteiger partial charge in [-0.25, -0.2) is 0 Å². The average Bonchev–Trinajstić information content (AvgIpc) is 3.13. The highest BCUT2D eigenvalue weighted by molar-refractivity contribution is 5.98. The quantitative estimate of drug-likeness (QED) is 0.739. The lowest BCUT2D eigenvalue weighted by Gasteiger charge is -2.07. The number of carbonyl (C=O) groups is 2. The molecule has 0 unspecified atom stereocenters. The standard InChI is InChI=1S/C22H25NO3/c1-26-15-17-7-5-16(6-8-17)14-23-22(25)12-11-21(24)20-10-9-18-3-2-4-19(18)13-20/h5-10,13H,2-4,11-12,14-15H2,1H3,(H,23,25). The lowest BCUT2D eigenvalue weighted by atomic mass is 10.0. The van der Waals surface area contributed by atoms with Crippen LogP contribution in [-0.4, -0.2) is 18.8 Å². The molecule has 1 aliphatic carbocycles. The second-order valence-corrected chi connectivity index (χ2v) is 6.79. The van der Waals surface area contributed by atoms with Gasteiger partial charge in [0.15, 0.2) is 5.78 Å². The molecular formula is C22H25NO3. The van der Waals surface area contributed by atoms with Crippen LogP contribution in [0.4, 0.5) is 0 Å². The summed E-state index contributed by atoms with van der Waals surface area (Å²) in [6, 6.07) is 13.9. The highest BCUT2D eigenvalue weighted by Crippen LogP contribution is 2.23. The van der Waals surface area contributed by atoms with Crippen molar-refractivity contribution in [3.05, 3.63) is 70.3 Å². The van der Waals surface area contributed by atoms with Gasteiger partial charge in [-0.05, 0) is 47.6 Å². The van der Waals surface area contributed by atoms with Crippen molar-refractivity contribution in [1.29, 1.82) is 0 Å². The summed E-state index contributed by atoms with van der Waals surface area (Å²) >= 11 is 0. The van der Waals surface area contributed by atoms with Crippen LogP contribution in [0.15, 0.2) is 42.5 Å². The monoisotopic (exact) mass is 351 g/mol. The molecule has 0 heterocycles. The Hall–Kier alpha value is -2.46. The Balaban J connectivity index is 1.44. The van der Waals surface area contributed by atoms with E-state index in [1.54, 1.807) is 7.11 Å². The molecule has 1 amide bonds. The third-order valence-corrected chi connectivity index (χ3v) is 4.82. The molecule has 26 heavy (non-hydrogen) atoms. The van der Waals surface area contributed by atoms with Gasteiger partial charge >= 0.3 is 0 Å². The number of aryl methyl sites for hydroxylation is 2. The van der Waals surface area contributed by atoms with Crippen LogP contribution in [0.3, 0.4) is 0 Å². The molecule has 1 aliphatic rings. The fourth-order valence-corrected chi connectivity index (χ4v) is 3.33. The van der Waals surface area contributed by atoms with Gasteiger partial charge < -0.3 is 10.1 Å². The molecule has 0 fully saturated rings. The Kier molecular flexibility index (Phi) is 6.18. The Morgan fingerprint density at radius 2 is 1.69 bits per heavy atom. The van der Waals surface area contributed by atoms with Crippen LogP contribution in [0.2, 0.25) is 0 Å². The van der Waals surface area contributed by atoms with Crippen molar-refractivity contribution in [2.45, 2.75) is 45.3 Å². The Morgan fingerprint density at radius 1 is 0.962 bits per heavy atom. The molecule has 1 N–H and O–H groups in total. The van der Waals surface area contributed by atoms with Crippen LogP contribution < -0.4 is 5.32 Å². The first-order valence-electron chi connectivity index (χ1n) is 9.14. The molecule has 0 spiro atoms. The summed E-state index contributed by atoms with van der Waals surface area (Å²) in [6.07, 6.45) is 3.80. The molecular weight excluding hydrogens is 326 g/mol. The van der Waals surface area contributed by atoms with E-state index < -0.39 is 0 Å². The van der Waals surface area contributed by atoms with Crippen molar-refractivity contribution in [3.8, 4) is 0 Å². The van der Waals surface area contributed by atoms with E-state index in [1.807, 2.05) is 36.4 Å². The van der Waals surface area contributed by atoms with E-state index in [4.69, 9.17) is 4.74 Å². The molecule has 0 aliphatic heterocycles. The van der Waals surface area contributed by atoms with E-state index >= 15 is 0 Å². The first-order chi connectivity index (χ1) is 12.7. The summed E-state index contributed by atoms with van der Waals surface area (Å²) in [7, 11) is 1.66. The second kappa shape index (κ2) is 8.77. The lowest BCUT2D eigenvalue weighted by Crippen LogP contribution is -2.23. The molecule has 0 saturated heterocycles. The summed E-state index contributed by atoms with van der Waals surface area (Å²) < 4.78 is 5.08. The van der Waals surface area contributed by atoms with E-state index in [-0.39, 0.29) is 24.5 Å². The minimum atomic E-state index is -0.0968. The van der Waals surface area contributed by atoms with E-state index in [0.29, 0.717) is 13.2 Å². The van der Waals surface area contributed by atoms with Crippen molar-refractivity contribution in [2.75, 3.05) is 7.11 Å². The Morgan fingerprint density at radius 3 is 2.46 bits per heavy atom. The van der Waals surface area contributed by atoms with Crippen molar-refractivity contribution in [2.24, 2.45) is 0 Å². The average molecular weight is 351 g/mol. The molecule has 2 aromatic carbocycles. The van der Waals surface area contributed by atoms with Gasteiger partial charge in [-0.1, -0.05) is 36.4 Å². The predicted molar refractivity (Wildman–Crippen MR) is 101 cm³/mol. The maximum Gasteiger partial charge on any atom is 0.220 e. The van der Waals surface area contributed by atoms with Gasteiger partial charge in [0, 0.05) is 32.1 Å². The number of carbonyl (C=O) groups excluding carboxylic acids is 2. The smallest absolute Gasteiger partial charge is 0.220 e. The summed E-state index contributed by atoms with van der Waals surface area (Å²) in [5.74, 6) is -0.0563. The van der Waals surface area contributed by atoms with E-state index in [1.165, 1.54) is 17.5 Å². The molecule has 2 aromatic rings. The number of benzene rings is 2. The van der Waals surface area contributed by atoms with Gasteiger partial charge in [-0.15, -0.1) is 0 Å². The summed E-state index contributed by atoms with van der Waals surface area (Å²) in [5, 5.41) is 2.88. The van der Waals surface area contributed by atoms with Gasteiger partial charge in [0.1, 0.15) is 0 Å². The summed E-state index contributed by atoms with van der Waals surface area (Å²) in [6.45, 7) is 1.05. The number of nitrogens with one attached hydrogen (secondary N) is 1. The number of fused-ring (bicyclic) bond motifs is 1. The van der Waals surface area contributed by atoms with E-state index in [0.717, 1.165) is 29.5 Å². The highest BCUT2D eigenvalue weighted by atomic mass is 16.5. The Labute approximate surface area is 154 Å². The number of ether oxygens (including phenoxy) is 1. The molecule has 0 aromatic heterocycles. The normalized spacial score (nSPS) is 12.7. The fraction of sp³-hybridized carbons (Fsp3) is 0.364. The molecule has 0 bridgehead atoms. The Bertz CT molecular complexity index is 780. The van der Waals surface area contributed by atoms with Crippen molar-refractivity contribution >= 4 is 11.7 Å². The lowest BCUT2D eigenvalue weighted by molar-refractivity contribution is -0.121. The molecule has 0 atom stereocenters. The number of hydrogen-bond acceptors (Lipinski definition) is 3. The van der Waals surface area contributed by atoms with Crippen molar-refractivity contribution in [3.63, 3.8) is 0 Å². The molecule has 136 valence electrons. The molecule has 4 heteroatoms. The van der Waals surface area contributed by atoms with Crippen LogP contribution in [0.25, 0.3) is 0 Å². The van der Waals surface area contributed by atoms with Crippen LogP contribution in [0.1, 0.15) is 51.9 Å². The third kappa shape index (κ3) is 4.79. The number of hydrogen-bond donors (Lipinski definition) is 1. The molecule has 4 nitrogen and oxygen atoms in total. The topological polar surface area (TPSA) is 55.4 Å². The number of Topliss-reactive ketones (excluding diaryl/α,β-unsaturated/α-hetero) is 1. The zero-order valence-corrected chi connectivity index (χ0v) is 15.2. The minimum Gasteiger partial charge on any atom is -0.380 e. The molecule has 0 radical (unpaired) electrons. The van der Waals surface area contributed by atoms with Crippen LogP contribution in [0.5, 0.6) is 0 Å². The van der Waals surface area contributed by atoms with E-state index in [9.17, 15) is 9.59 Å². The van der Waals surface area contributed by atoms with Crippen LogP contribution in [0, 0.1) is 0 Å². The second-order valence-electron chi connectivity index (χ2n) is 6.79. The fourth-order valence-electron chi connectivity index (χ4n) is 3.33. The number of rotatable bonds is 8. The van der Waals surface area contributed by atoms with Gasteiger partial charge in [0.25, 0.3) is 0 Å². The largest absolute Gasteiger partial charge is 0.380 e. The maximum absolute atomic E-state index is 12.3. The van der Waals surface area contributed by atoms with E-state index in [2.05, 4.69) is 11.4 Å². The number of amides is 1. The predicted octanol–water partition coefficient (Wildman–Crippen LogP) is 3.60.